The first-order chi connectivity index (χ1) is 9.86. The molecule has 0 saturated carbocycles. The first kappa shape index (κ1) is 13.7. The standard InChI is InChI=1S/C16H11F3O2/c17-16(18,19)11-4-1-9(2-5-11)13-7-10-3-6-12(20)8-14(10)15(13)21/h1-6,8,13,20H,7H2. The Hall–Kier alpha value is -2.30. The van der Waals surface area contributed by atoms with E-state index in [2.05, 4.69) is 0 Å². The number of carbonyl (C=O) groups is 1. The van der Waals surface area contributed by atoms with Gasteiger partial charge in [0.15, 0.2) is 5.78 Å². The maximum atomic E-state index is 12.5. The molecule has 2 aromatic rings. The third kappa shape index (κ3) is 2.39. The van der Waals surface area contributed by atoms with Gasteiger partial charge in [0.05, 0.1) is 11.5 Å². The van der Waals surface area contributed by atoms with Crippen LogP contribution in [0.5, 0.6) is 5.75 Å². The van der Waals surface area contributed by atoms with Crippen molar-refractivity contribution in [1.82, 2.24) is 0 Å². The molecule has 21 heavy (non-hydrogen) atoms. The highest BCUT2D eigenvalue weighted by atomic mass is 19.4. The molecule has 3 rings (SSSR count). The highest BCUT2D eigenvalue weighted by molar-refractivity contribution is 6.05. The van der Waals surface area contributed by atoms with E-state index in [4.69, 9.17) is 0 Å². The first-order valence-electron chi connectivity index (χ1n) is 6.39. The lowest BCUT2D eigenvalue weighted by Gasteiger charge is -2.11. The van der Waals surface area contributed by atoms with Crippen molar-refractivity contribution < 1.29 is 23.1 Å². The van der Waals surface area contributed by atoms with Gasteiger partial charge in [0.25, 0.3) is 0 Å². The zero-order valence-electron chi connectivity index (χ0n) is 10.8. The third-order valence-corrected chi connectivity index (χ3v) is 3.74. The van der Waals surface area contributed by atoms with E-state index in [1.165, 1.54) is 24.3 Å². The summed E-state index contributed by atoms with van der Waals surface area (Å²) < 4.78 is 37.6. The largest absolute Gasteiger partial charge is 0.508 e. The summed E-state index contributed by atoms with van der Waals surface area (Å²) in [6.45, 7) is 0. The molecule has 0 bridgehead atoms. The molecule has 0 aliphatic heterocycles. The number of rotatable bonds is 1. The lowest BCUT2D eigenvalue weighted by atomic mass is 9.94. The average Bonchev–Trinajstić information content (AvgIpc) is 2.75. The lowest BCUT2D eigenvalue weighted by molar-refractivity contribution is -0.137. The summed E-state index contributed by atoms with van der Waals surface area (Å²) in [5.41, 5.74) is 1.08. The number of phenolic OH excluding ortho intramolecular Hbond substituents is 1. The Morgan fingerprint density at radius 3 is 2.33 bits per heavy atom. The summed E-state index contributed by atoms with van der Waals surface area (Å²) in [6.07, 6.45) is -3.94. The molecule has 2 nitrogen and oxygen atoms in total. The summed E-state index contributed by atoms with van der Waals surface area (Å²) in [5.74, 6) is -0.639. The fourth-order valence-corrected chi connectivity index (χ4v) is 2.65. The molecule has 1 atom stereocenters. The maximum absolute atomic E-state index is 12.5. The van der Waals surface area contributed by atoms with E-state index in [0.717, 1.165) is 17.7 Å². The van der Waals surface area contributed by atoms with E-state index in [-0.39, 0.29) is 11.5 Å². The Balaban J connectivity index is 1.91. The number of benzene rings is 2. The van der Waals surface area contributed by atoms with Gasteiger partial charge in [-0.3, -0.25) is 4.79 Å². The molecule has 0 saturated heterocycles. The molecule has 0 aromatic heterocycles. The van der Waals surface area contributed by atoms with Crippen LogP contribution in [0.4, 0.5) is 13.2 Å². The van der Waals surface area contributed by atoms with Gasteiger partial charge < -0.3 is 5.11 Å². The normalized spacial score (nSPS) is 17.9. The number of phenols is 1. The van der Waals surface area contributed by atoms with E-state index in [1.54, 1.807) is 6.07 Å². The van der Waals surface area contributed by atoms with Crippen LogP contribution in [-0.4, -0.2) is 10.9 Å². The predicted octanol–water partition coefficient (Wildman–Crippen LogP) is 3.93. The zero-order chi connectivity index (χ0) is 15.2. The number of ketones is 1. The van der Waals surface area contributed by atoms with Gasteiger partial charge in [-0.2, -0.15) is 13.2 Å². The SMILES string of the molecule is O=C1c2cc(O)ccc2CC1c1ccc(C(F)(F)F)cc1. The summed E-state index contributed by atoms with van der Waals surface area (Å²) in [6, 6.07) is 9.25. The smallest absolute Gasteiger partial charge is 0.416 e. The Bertz CT molecular complexity index is 702. The number of fused-ring (bicyclic) bond motifs is 1. The Labute approximate surface area is 118 Å². The Kier molecular flexibility index (Phi) is 3.01. The minimum atomic E-state index is -4.38. The second-order valence-corrected chi connectivity index (χ2v) is 5.08. The van der Waals surface area contributed by atoms with Gasteiger partial charge in [-0.1, -0.05) is 18.2 Å². The van der Waals surface area contributed by atoms with E-state index < -0.39 is 17.7 Å². The number of aromatic hydroxyl groups is 1. The molecular formula is C16H11F3O2. The zero-order valence-corrected chi connectivity index (χ0v) is 10.8. The predicted molar refractivity (Wildman–Crippen MR) is 70.3 cm³/mol. The molecule has 1 aliphatic carbocycles. The molecule has 2 aromatic carbocycles. The summed E-state index contributed by atoms with van der Waals surface area (Å²) >= 11 is 0. The number of Topliss-reactive ketones (excluding diaryl/α,β-unsaturated/α-hetero) is 1. The van der Waals surface area contributed by atoms with Crippen LogP contribution in [0, 0.1) is 0 Å². The minimum absolute atomic E-state index is 0.00942. The van der Waals surface area contributed by atoms with Crippen molar-refractivity contribution in [2.75, 3.05) is 0 Å². The summed E-state index contributed by atoms with van der Waals surface area (Å²) in [5, 5.41) is 9.42. The average molecular weight is 292 g/mol. The van der Waals surface area contributed by atoms with E-state index in [0.29, 0.717) is 17.5 Å². The number of halogens is 3. The molecule has 1 unspecified atom stereocenters. The van der Waals surface area contributed by atoms with Crippen LogP contribution in [-0.2, 0) is 12.6 Å². The van der Waals surface area contributed by atoms with Gasteiger partial charge in [-0.15, -0.1) is 0 Å². The lowest BCUT2D eigenvalue weighted by Crippen LogP contribution is -2.09. The van der Waals surface area contributed by atoms with Crippen molar-refractivity contribution >= 4 is 5.78 Å². The van der Waals surface area contributed by atoms with Crippen molar-refractivity contribution in [1.29, 1.82) is 0 Å². The van der Waals surface area contributed by atoms with Crippen LogP contribution in [0.1, 0.15) is 33.0 Å². The van der Waals surface area contributed by atoms with Crippen LogP contribution < -0.4 is 0 Å². The van der Waals surface area contributed by atoms with Crippen LogP contribution in [0.2, 0.25) is 0 Å². The molecule has 0 fully saturated rings. The van der Waals surface area contributed by atoms with Gasteiger partial charge in [0.1, 0.15) is 5.75 Å². The number of carbonyl (C=O) groups excluding carboxylic acids is 1. The Morgan fingerprint density at radius 2 is 1.71 bits per heavy atom. The van der Waals surface area contributed by atoms with E-state index in [9.17, 15) is 23.1 Å². The maximum Gasteiger partial charge on any atom is 0.416 e. The topological polar surface area (TPSA) is 37.3 Å². The van der Waals surface area contributed by atoms with Gasteiger partial charge in [-0.05, 0) is 41.8 Å². The monoisotopic (exact) mass is 292 g/mol. The summed E-state index contributed by atoms with van der Waals surface area (Å²) in [7, 11) is 0. The van der Waals surface area contributed by atoms with Crippen molar-refractivity contribution in [3.05, 3.63) is 64.7 Å². The van der Waals surface area contributed by atoms with Crippen LogP contribution in [0.3, 0.4) is 0 Å². The fraction of sp³-hybridized carbons (Fsp3) is 0.188. The molecule has 5 heteroatoms. The molecule has 0 spiro atoms. The van der Waals surface area contributed by atoms with Crippen molar-refractivity contribution in [3.8, 4) is 5.75 Å². The van der Waals surface area contributed by atoms with E-state index >= 15 is 0 Å². The second-order valence-electron chi connectivity index (χ2n) is 5.08. The summed E-state index contributed by atoms with van der Waals surface area (Å²) in [4.78, 5) is 12.3. The van der Waals surface area contributed by atoms with Crippen LogP contribution >= 0.6 is 0 Å². The van der Waals surface area contributed by atoms with Crippen molar-refractivity contribution in [2.45, 2.75) is 18.5 Å². The first-order valence-corrected chi connectivity index (χ1v) is 6.39. The van der Waals surface area contributed by atoms with Gasteiger partial charge in [-0.25, -0.2) is 0 Å². The molecule has 0 amide bonds. The van der Waals surface area contributed by atoms with Crippen LogP contribution in [0.25, 0.3) is 0 Å². The van der Waals surface area contributed by atoms with Crippen LogP contribution in [0.15, 0.2) is 42.5 Å². The number of alkyl halides is 3. The quantitative estimate of drug-likeness (QED) is 0.864. The number of hydrogen-bond acceptors (Lipinski definition) is 2. The van der Waals surface area contributed by atoms with Crippen molar-refractivity contribution in [2.24, 2.45) is 0 Å². The molecule has 1 N–H and O–H groups in total. The molecular weight excluding hydrogens is 281 g/mol. The minimum Gasteiger partial charge on any atom is -0.508 e. The highest BCUT2D eigenvalue weighted by Crippen LogP contribution is 2.37. The third-order valence-electron chi connectivity index (χ3n) is 3.74. The van der Waals surface area contributed by atoms with E-state index in [1.807, 2.05) is 0 Å². The molecule has 0 heterocycles. The van der Waals surface area contributed by atoms with Gasteiger partial charge in [0, 0.05) is 5.56 Å². The fourth-order valence-electron chi connectivity index (χ4n) is 2.65. The molecule has 108 valence electrons. The van der Waals surface area contributed by atoms with Gasteiger partial charge in [0.2, 0.25) is 0 Å². The second kappa shape index (κ2) is 4.62. The van der Waals surface area contributed by atoms with Gasteiger partial charge >= 0.3 is 6.18 Å². The number of hydrogen-bond donors (Lipinski definition) is 1. The molecule has 1 aliphatic rings. The molecule has 0 radical (unpaired) electrons. The van der Waals surface area contributed by atoms with Crippen molar-refractivity contribution in [3.63, 3.8) is 0 Å². The highest BCUT2D eigenvalue weighted by Gasteiger charge is 2.34. The Morgan fingerprint density at radius 1 is 1.05 bits per heavy atom.